The molecule has 0 aliphatic rings. The van der Waals surface area contributed by atoms with Crippen LogP contribution in [0.1, 0.15) is 16.8 Å². The summed E-state index contributed by atoms with van der Waals surface area (Å²) in [7, 11) is 0. The van der Waals surface area contributed by atoms with Gasteiger partial charge in [0.25, 0.3) is 11.6 Å². The summed E-state index contributed by atoms with van der Waals surface area (Å²) >= 11 is 0. The number of aryl methyl sites for hydroxylation is 2. The predicted octanol–water partition coefficient (Wildman–Crippen LogP) is 2.67. The molecule has 0 N–H and O–H groups in total. The van der Waals surface area contributed by atoms with E-state index in [1.165, 1.54) is 18.5 Å². The molecule has 0 saturated heterocycles. The third kappa shape index (κ3) is 2.54. The van der Waals surface area contributed by atoms with E-state index in [9.17, 15) is 10.1 Å². The molecule has 7 heteroatoms. The van der Waals surface area contributed by atoms with Gasteiger partial charge in [0.1, 0.15) is 11.8 Å². The molecule has 0 fully saturated rings. The number of rotatable bonds is 3. The zero-order chi connectivity index (χ0) is 14.7. The van der Waals surface area contributed by atoms with Crippen molar-refractivity contribution < 1.29 is 9.66 Å². The number of benzene rings is 1. The molecule has 0 unspecified atom stereocenters. The molecule has 1 aromatic heterocycles. The Morgan fingerprint density at radius 1 is 1.25 bits per heavy atom. The number of ether oxygens (including phenoxy) is 1. The molecule has 2 aromatic rings. The number of nitro groups is 1. The van der Waals surface area contributed by atoms with E-state index in [2.05, 4.69) is 9.97 Å². The van der Waals surface area contributed by atoms with Crippen LogP contribution < -0.4 is 4.74 Å². The molecule has 0 amide bonds. The number of hydrogen-bond donors (Lipinski definition) is 0. The fourth-order valence-electron chi connectivity index (χ4n) is 1.71. The smallest absolute Gasteiger partial charge is 0.276 e. The highest BCUT2D eigenvalue weighted by Gasteiger charge is 2.16. The van der Waals surface area contributed by atoms with Crippen LogP contribution in [-0.2, 0) is 0 Å². The number of nitriles is 1. The van der Waals surface area contributed by atoms with Gasteiger partial charge in [-0.25, -0.2) is 9.97 Å². The summed E-state index contributed by atoms with van der Waals surface area (Å²) in [6, 6.07) is 4.82. The van der Waals surface area contributed by atoms with Crippen LogP contribution in [0.15, 0.2) is 24.5 Å². The highest BCUT2D eigenvalue weighted by molar-refractivity contribution is 5.51. The third-order valence-corrected chi connectivity index (χ3v) is 2.67. The first-order chi connectivity index (χ1) is 9.52. The van der Waals surface area contributed by atoms with Crippen molar-refractivity contribution in [2.24, 2.45) is 0 Å². The Bertz CT molecular complexity index is 722. The van der Waals surface area contributed by atoms with Gasteiger partial charge in [-0.2, -0.15) is 5.26 Å². The predicted molar refractivity (Wildman–Crippen MR) is 69.4 cm³/mol. The minimum atomic E-state index is -0.483. The first-order valence-electron chi connectivity index (χ1n) is 5.67. The second kappa shape index (κ2) is 5.32. The molecule has 0 saturated carbocycles. The highest BCUT2D eigenvalue weighted by atomic mass is 16.6. The minimum Gasteiger partial charge on any atom is -0.436 e. The van der Waals surface area contributed by atoms with Crippen molar-refractivity contribution in [1.29, 1.82) is 5.26 Å². The molecule has 0 atom stereocenters. The lowest BCUT2D eigenvalue weighted by atomic mass is 10.1. The Kier molecular flexibility index (Phi) is 3.57. The average molecular weight is 270 g/mol. The van der Waals surface area contributed by atoms with Crippen LogP contribution in [0.5, 0.6) is 11.6 Å². The molecular formula is C13H10N4O3. The maximum absolute atomic E-state index is 10.9. The summed E-state index contributed by atoms with van der Waals surface area (Å²) in [6.45, 7) is 3.41. The van der Waals surface area contributed by atoms with Crippen molar-refractivity contribution in [1.82, 2.24) is 9.97 Å². The van der Waals surface area contributed by atoms with E-state index < -0.39 is 4.92 Å². The maximum atomic E-state index is 10.9. The molecule has 0 bridgehead atoms. The van der Waals surface area contributed by atoms with Crippen molar-refractivity contribution in [3.63, 3.8) is 0 Å². The van der Waals surface area contributed by atoms with E-state index in [1.807, 2.05) is 6.07 Å². The Hall–Kier alpha value is -3.01. The lowest BCUT2D eigenvalue weighted by molar-refractivity contribution is -0.385. The third-order valence-electron chi connectivity index (χ3n) is 2.67. The van der Waals surface area contributed by atoms with Gasteiger partial charge in [-0.1, -0.05) is 0 Å². The van der Waals surface area contributed by atoms with Crippen LogP contribution in [0, 0.1) is 35.3 Å². The molecule has 1 aromatic carbocycles. The van der Waals surface area contributed by atoms with Gasteiger partial charge in [0.2, 0.25) is 5.69 Å². The second-order valence-electron chi connectivity index (χ2n) is 4.09. The van der Waals surface area contributed by atoms with E-state index >= 15 is 0 Å². The molecule has 0 aliphatic carbocycles. The van der Waals surface area contributed by atoms with E-state index in [4.69, 9.17) is 10.00 Å². The van der Waals surface area contributed by atoms with Gasteiger partial charge in [-0.3, -0.25) is 10.1 Å². The maximum Gasteiger partial charge on any atom is 0.276 e. The second-order valence-corrected chi connectivity index (χ2v) is 4.09. The SMILES string of the molecule is Cc1cc(C)c([N+](=O)[O-])cc1Oc1nccnc1C#N. The largest absolute Gasteiger partial charge is 0.436 e. The zero-order valence-electron chi connectivity index (χ0n) is 10.8. The van der Waals surface area contributed by atoms with Crippen molar-refractivity contribution >= 4 is 5.69 Å². The molecule has 2 rings (SSSR count). The molecule has 1 heterocycles. The van der Waals surface area contributed by atoms with Crippen molar-refractivity contribution in [3.8, 4) is 17.7 Å². The fourth-order valence-corrected chi connectivity index (χ4v) is 1.71. The number of nitro benzene ring substituents is 1. The van der Waals surface area contributed by atoms with Gasteiger partial charge in [-0.05, 0) is 25.5 Å². The molecule has 0 aliphatic heterocycles. The summed E-state index contributed by atoms with van der Waals surface area (Å²) in [5, 5.41) is 19.8. The summed E-state index contributed by atoms with van der Waals surface area (Å²) in [5.74, 6) is 0.301. The van der Waals surface area contributed by atoms with Gasteiger partial charge >= 0.3 is 0 Å². The van der Waals surface area contributed by atoms with Crippen LogP contribution in [0.2, 0.25) is 0 Å². The quantitative estimate of drug-likeness (QED) is 0.627. The Balaban J connectivity index is 2.46. The first kappa shape index (κ1) is 13.4. The Morgan fingerprint density at radius 3 is 2.60 bits per heavy atom. The van der Waals surface area contributed by atoms with Crippen molar-refractivity contribution in [3.05, 3.63) is 51.5 Å². The summed E-state index contributed by atoms with van der Waals surface area (Å²) in [4.78, 5) is 18.2. The Morgan fingerprint density at radius 2 is 1.95 bits per heavy atom. The van der Waals surface area contributed by atoms with Crippen LogP contribution in [0.4, 0.5) is 5.69 Å². The van der Waals surface area contributed by atoms with Crippen molar-refractivity contribution in [2.75, 3.05) is 0 Å². The lowest BCUT2D eigenvalue weighted by Crippen LogP contribution is -1.98. The van der Waals surface area contributed by atoms with Gasteiger partial charge in [0.15, 0.2) is 0 Å². The summed E-state index contributed by atoms with van der Waals surface area (Å²) < 4.78 is 5.48. The van der Waals surface area contributed by atoms with E-state index in [0.29, 0.717) is 11.1 Å². The number of hydrogen-bond acceptors (Lipinski definition) is 6. The van der Waals surface area contributed by atoms with Gasteiger partial charge in [0.05, 0.1) is 11.0 Å². The summed E-state index contributed by atoms with van der Waals surface area (Å²) in [6.07, 6.45) is 2.75. The molecule has 0 radical (unpaired) electrons. The topological polar surface area (TPSA) is 102 Å². The standard InChI is InChI=1S/C13H10N4O3/c1-8-5-9(2)12(6-11(8)17(18)19)20-13-10(7-14)15-3-4-16-13/h3-6H,1-2H3. The monoisotopic (exact) mass is 270 g/mol. The van der Waals surface area contributed by atoms with Gasteiger partial charge < -0.3 is 4.74 Å². The number of nitrogens with zero attached hydrogens (tertiary/aromatic N) is 4. The minimum absolute atomic E-state index is 0.0233. The molecule has 7 nitrogen and oxygen atoms in total. The average Bonchev–Trinajstić information content (AvgIpc) is 2.42. The van der Waals surface area contributed by atoms with E-state index in [-0.39, 0.29) is 23.0 Å². The Labute approximate surface area is 114 Å². The van der Waals surface area contributed by atoms with Gasteiger partial charge in [0, 0.05) is 18.0 Å². The fraction of sp³-hybridized carbons (Fsp3) is 0.154. The first-order valence-corrected chi connectivity index (χ1v) is 5.67. The molecule has 0 spiro atoms. The van der Waals surface area contributed by atoms with Crippen LogP contribution in [-0.4, -0.2) is 14.9 Å². The molecule has 20 heavy (non-hydrogen) atoms. The lowest BCUT2D eigenvalue weighted by Gasteiger charge is -2.09. The van der Waals surface area contributed by atoms with Gasteiger partial charge in [-0.15, -0.1) is 0 Å². The highest BCUT2D eigenvalue weighted by Crippen LogP contribution is 2.31. The van der Waals surface area contributed by atoms with Crippen LogP contribution >= 0.6 is 0 Å². The zero-order valence-corrected chi connectivity index (χ0v) is 10.8. The molecular weight excluding hydrogens is 260 g/mol. The van der Waals surface area contributed by atoms with Crippen LogP contribution in [0.3, 0.4) is 0 Å². The molecule has 100 valence electrons. The summed E-state index contributed by atoms with van der Waals surface area (Å²) in [5.41, 5.74) is 1.23. The van der Waals surface area contributed by atoms with Crippen LogP contribution in [0.25, 0.3) is 0 Å². The normalized spacial score (nSPS) is 9.85. The van der Waals surface area contributed by atoms with Crippen molar-refractivity contribution in [2.45, 2.75) is 13.8 Å². The van der Waals surface area contributed by atoms with E-state index in [0.717, 1.165) is 0 Å². The van der Waals surface area contributed by atoms with E-state index in [1.54, 1.807) is 19.9 Å². The number of aromatic nitrogens is 2.